The summed E-state index contributed by atoms with van der Waals surface area (Å²) in [6.07, 6.45) is 7.90. The summed E-state index contributed by atoms with van der Waals surface area (Å²) in [6.45, 7) is 2.62. The zero-order valence-electron chi connectivity index (χ0n) is 12.7. The van der Waals surface area contributed by atoms with Gasteiger partial charge in [-0.05, 0) is 37.6 Å². The molecule has 0 amide bonds. The molecule has 23 heavy (non-hydrogen) atoms. The van der Waals surface area contributed by atoms with Crippen LogP contribution in [0.2, 0.25) is 0 Å². The van der Waals surface area contributed by atoms with Gasteiger partial charge in [0.05, 0.1) is 13.1 Å². The van der Waals surface area contributed by atoms with Crippen LogP contribution in [0.4, 0.5) is 0 Å². The molecule has 0 saturated carbocycles. The Morgan fingerprint density at radius 2 is 2.22 bits per heavy atom. The van der Waals surface area contributed by atoms with Crippen LogP contribution >= 0.6 is 0 Å². The number of nitrogens with zero attached hydrogens (tertiary/aromatic N) is 6. The Labute approximate surface area is 134 Å². The molecule has 1 aliphatic rings. The molecule has 0 bridgehead atoms. The van der Waals surface area contributed by atoms with E-state index in [0.29, 0.717) is 24.3 Å². The molecule has 1 atom stereocenters. The summed E-state index contributed by atoms with van der Waals surface area (Å²) in [5, 5.41) is 8.33. The monoisotopic (exact) mass is 310 g/mol. The van der Waals surface area contributed by atoms with Crippen molar-refractivity contribution in [1.29, 1.82) is 0 Å². The topological polar surface area (TPSA) is 72.9 Å². The standard InChI is InChI=1S/C16H18N6O/c1-2-7-17-14(6-1)16-19-15(23-20-16)12-21-9-3-5-13(21)11-22-10-4-8-18-22/h1-2,4,6-8,10,13H,3,5,9,11-12H2. The van der Waals surface area contributed by atoms with Gasteiger partial charge in [0.25, 0.3) is 0 Å². The Kier molecular flexibility index (Phi) is 3.85. The van der Waals surface area contributed by atoms with E-state index in [1.54, 1.807) is 6.20 Å². The van der Waals surface area contributed by atoms with E-state index in [2.05, 4.69) is 25.1 Å². The molecule has 0 spiro atoms. The van der Waals surface area contributed by atoms with Gasteiger partial charge in [-0.1, -0.05) is 11.2 Å². The third-order valence-electron chi connectivity index (χ3n) is 4.16. The number of hydrogen-bond donors (Lipinski definition) is 0. The molecule has 1 fully saturated rings. The quantitative estimate of drug-likeness (QED) is 0.717. The van der Waals surface area contributed by atoms with Gasteiger partial charge in [0, 0.05) is 24.6 Å². The van der Waals surface area contributed by atoms with E-state index in [4.69, 9.17) is 4.52 Å². The summed E-state index contributed by atoms with van der Waals surface area (Å²) in [5.41, 5.74) is 0.733. The summed E-state index contributed by atoms with van der Waals surface area (Å²) in [4.78, 5) is 11.1. The summed E-state index contributed by atoms with van der Waals surface area (Å²) in [6, 6.07) is 8.08. The fraction of sp³-hybridized carbons (Fsp3) is 0.375. The Bertz CT molecular complexity index is 739. The molecule has 0 radical (unpaired) electrons. The lowest BCUT2D eigenvalue weighted by Crippen LogP contribution is -2.32. The molecule has 1 unspecified atom stereocenters. The minimum absolute atomic E-state index is 0.458. The highest BCUT2D eigenvalue weighted by Gasteiger charge is 2.26. The summed E-state index contributed by atoms with van der Waals surface area (Å²) < 4.78 is 7.38. The van der Waals surface area contributed by atoms with Crippen molar-refractivity contribution >= 4 is 0 Å². The first kappa shape index (κ1) is 14.1. The summed E-state index contributed by atoms with van der Waals surface area (Å²) >= 11 is 0. The van der Waals surface area contributed by atoms with Crippen LogP contribution in [0.1, 0.15) is 18.7 Å². The average Bonchev–Trinajstić information content (AvgIpc) is 3.33. The van der Waals surface area contributed by atoms with Crippen LogP contribution in [-0.4, -0.2) is 42.4 Å². The molecule has 7 heteroatoms. The minimum atomic E-state index is 0.458. The second kappa shape index (κ2) is 6.29. The van der Waals surface area contributed by atoms with E-state index in [-0.39, 0.29) is 0 Å². The summed E-state index contributed by atoms with van der Waals surface area (Å²) in [5.74, 6) is 1.18. The van der Waals surface area contributed by atoms with Gasteiger partial charge >= 0.3 is 0 Å². The van der Waals surface area contributed by atoms with Crippen LogP contribution in [0.5, 0.6) is 0 Å². The highest BCUT2D eigenvalue weighted by Crippen LogP contribution is 2.21. The molecule has 1 aliphatic heterocycles. The fourth-order valence-corrected chi connectivity index (χ4v) is 3.03. The van der Waals surface area contributed by atoms with Crippen molar-refractivity contribution in [3.05, 3.63) is 48.7 Å². The maximum Gasteiger partial charge on any atom is 0.241 e. The Morgan fingerprint density at radius 1 is 1.22 bits per heavy atom. The van der Waals surface area contributed by atoms with Crippen molar-refractivity contribution in [1.82, 2.24) is 29.8 Å². The molecule has 0 aromatic carbocycles. The number of pyridine rings is 1. The molecule has 7 nitrogen and oxygen atoms in total. The molecular formula is C16H18N6O. The van der Waals surface area contributed by atoms with Gasteiger partial charge in [0.1, 0.15) is 5.69 Å². The highest BCUT2D eigenvalue weighted by atomic mass is 16.5. The van der Waals surface area contributed by atoms with Gasteiger partial charge in [-0.25, -0.2) is 0 Å². The molecule has 3 aromatic heterocycles. The zero-order valence-corrected chi connectivity index (χ0v) is 12.7. The lowest BCUT2D eigenvalue weighted by atomic mass is 10.2. The van der Waals surface area contributed by atoms with Crippen LogP contribution < -0.4 is 0 Å². The van der Waals surface area contributed by atoms with E-state index in [0.717, 1.165) is 18.8 Å². The van der Waals surface area contributed by atoms with Crippen molar-refractivity contribution in [2.45, 2.75) is 32.0 Å². The molecule has 118 valence electrons. The van der Waals surface area contributed by atoms with Gasteiger partial charge in [0.2, 0.25) is 11.7 Å². The Balaban J connectivity index is 1.44. The van der Waals surface area contributed by atoms with Gasteiger partial charge in [0.15, 0.2) is 0 Å². The van der Waals surface area contributed by atoms with Crippen molar-refractivity contribution in [2.24, 2.45) is 0 Å². The van der Waals surface area contributed by atoms with Gasteiger partial charge in [-0.2, -0.15) is 10.1 Å². The first-order valence-corrected chi connectivity index (χ1v) is 7.84. The van der Waals surface area contributed by atoms with E-state index in [9.17, 15) is 0 Å². The first-order chi connectivity index (χ1) is 11.4. The lowest BCUT2D eigenvalue weighted by Gasteiger charge is -2.22. The van der Waals surface area contributed by atoms with Gasteiger partial charge in [-0.3, -0.25) is 14.6 Å². The van der Waals surface area contributed by atoms with E-state index in [1.165, 1.54) is 12.8 Å². The molecular weight excluding hydrogens is 292 g/mol. The predicted octanol–water partition coefficient (Wildman–Crippen LogP) is 1.99. The maximum absolute atomic E-state index is 5.40. The third-order valence-corrected chi connectivity index (χ3v) is 4.16. The van der Waals surface area contributed by atoms with Crippen molar-refractivity contribution < 1.29 is 4.52 Å². The second-order valence-corrected chi connectivity index (χ2v) is 5.72. The van der Waals surface area contributed by atoms with Crippen LogP contribution in [0.25, 0.3) is 11.5 Å². The number of aromatic nitrogens is 5. The SMILES string of the molecule is c1ccc(-c2noc(CN3CCCC3Cn3cccn3)n2)nc1. The first-order valence-electron chi connectivity index (χ1n) is 7.84. The van der Waals surface area contributed by atoms with Crippen LogP contribution in [0.15, 0.2) is 47.4 Å². The summed E-state index contributed by atoms with van der Waals surface area (Å²) in [7, 11) is 0. The van der Waals surface area contributed by atoms with Crippen LogP contribution in [0, 0.1) is 0 Å². The maximum atomic E-state index is 5.40. The number of likely N-dealkylation sites (tertiary alicyclic amines) is 1. The molecule has 3 aromatic rings. The zero-order chi connectivity index (χ0) is 15.5. The lowest BCUT2D eigenvalue weighted by molar-refractivity contribution is 0.192. The Morgan fingerprint density at radius 3 is 3.04 bits per heavy atom. The number of rotatable bonds is 5. The molecule has 4 rings (SSSR count). The third kappa shape index (κ3) is 3.14. The molecule has 0 aliphatic carbocycles. The molecule has 4 heterocycles. The largest absolute Gasteiger partial charge is 0.337 e. The highest BCUT2D eigenvalue weighted by molar-refractivity contribution is 5.46. The fourth-order valence-electron chi connectivity index (χ4n) is 3.03. The molecule has 0 N–H and O–H groups in total. The smallest absolute Gasteiger partial charge is 0.241 e. The van der Waals surface area contributed by atoms with Crippen LogP contribution in [0.3, 0.4) is 0 Å². The van der Waals surface area contributed by atoms with E-state index >= 15 is 0 Å². The van der Waals surface area contributed by atoms with Gasteiger partial charge < -0.3 is 4.52 Å². The van der Waals surface area contributed by atoms with Crippen LogP contribution in [-0.2, 0) is 13.1 Å². The van der Waals surface area contributed by atoms with Gasteiger partial charge in [-0.15, -0.1) is 0 Å². The average molecular weight is 310 g/mol. The Hall–Kier alpha value is -2.54. The minimum Gasteiger partial charge on any atom is -0.337 e. The normalized spacial score (nSPS) is 18.5. The molecule has 1 saturated heterocycles. The van der Waals surface area contributed by atoms with Crippen molar-refractivity contribution in [3.8, 4) is 11.5 Å². The van der Waals surface area contributed by atoms with Crippen molar-refractivity contribution in [3.63, 3.8) is 0 Å². The van der Waals surface area contributed by atoms with Crippen molar-refractivity contribution in [2.75, 3.05) is 6.54 Å². The van der Waals surface area contributed by atoms with E-state index < -0.39 is 0 Å². The van der Waals surface area contributed by atoms with E-state index in [1.807, 2.05) is 41.3 Å². The predicted molar refractivity (Wildman–Crippen MR) is 83.2 cm³/mol. The number of hydrogen-bond acceptors (Lipinski definition) is 6. The second-order valence-electron chi connectivity index (χ2n) is 5.72.